The summed E-state index contributed by atoms with van der Waals surface area (Å²) in [5.74, 6) is 0. The molecule has 5 aromatic rings. The van der Waals surface area contributed by atoms with E-state index in [2.05, 4.69) is 5.10 Å². The number of pyridine rings is 1. The smallest absolute Gasteiger partial charge is 0.275 e. The van der Waals surface area contributed by atoms with Crippen molar-refractivity contribution in [3.63, 3.8) is 0 Å². The quantitative estimate of drug-likeness (QED) is 0.350. The number of fused-ring (bicyclic) bond motifs is 1. The molecule has 0 bridgehead atoms. The van der Waals surface area contributed by atoms with Crippen LogP contribution in [0, 0.1) is 6.92 Å². The van der Waals surface area contributed by atoms with Crippen LogP contribution in [0.15, 0.2) is 88.9 Å². The zero-order valence-corrected chi connectivity index (χ0v) is 21.2. The minimum atomic E-state index is -4.14. The van der Waals surface area contributed by atoms with Gasteiger partial charge in [-0.2, -0.15) is 5.10 Å². The second-order valence-electron chi connectivity index (χ2n) is 8.80. The van der Waals surface area contributed by atoms with Crippen LogP contribution in [-0.2, 0) is 28.9 Å². The average Bonchev–Trinajstić information content (AvgIpc) is 3.48. The molecule has 9 heteroatoms. The maximum absolute atomic E-state index is 14.1. The Morgan fingerprint density at radius 1 is 0.972 bits per heavy atom. The number of ether oxygens (including phenoxy) is 1. The third kappa shape index (κ3) is 3.86. The van der Waals surface area contributed by atoms with Gasteiger partial charge in [-0.05, 0) is 30.7 Å². The fraction of sp³-hybridized carbons (Fsp3) is 0.185. The summed E-state index contributed by atoms with van der Waals surface area (Å²) in [6, 6.07) is 17.9. The number of hydrogen-bond acceptors (Lipinski definition) is 5. The lowest BCUT2D eigenvalue weighted by Crippen LogP contribution is -2.24. The van der Waals surface area contributed by atoms with Gasteiger partial charge in [-0.3, -0.25) is 9.48 Å². The molecule has 5 rings (SSSR count). The molecule has 3 aromatic heterocycles. The summed E-state index contributed by atoms with van der Waals surface area (Å²) in [5, 5.41) is 4.74. The summed E-state index contributed by atoms with van der Waals surface area (Å²) in [4.78, 5) is 13.6. The van der Waals surface area contributed by atoms with Crippen LogP contribution < -0.4 is 5.56 Å². The average molecular weight is 503 g/mol. The van der Waals surface area contributed by atoms with Gasteiger partial charge in [0.1, 0.15) is 11.6 Å². The van der Waals surface area contributed by atoms with E-state index in [0.29, 0.717) is 22.2 Å². The van der Waals surface area contributed by atoms with E-state index in [0.717, 1.165) is 15.1 Å². The molecule has 2 aromatic carbocycles. The van der Waals surface area contributed by atoms with Crippen LogP contribution in [0.5, 0.6) is 0 Å². The standard InChI is InChI=1S/C27H26N4O4S/c1-18-10-12-21(13-11-18)36(33,34)31-24(20-15-28-30(3)16-20)14-22-23(17-29(2)27(32)25(22)31)26(35-4)19-8-6-5-7-9-19/h5-17,26H,1-4H3. The molecule has 8 nitrogen and oxygen atoms in total. The molecule has 0 radical (unpaired) electrons. The number of benzene rings is 2. The molecule has 0 saturated heterocycles. The zero-order chi connectivity index (χ0) is 25.6. The lowest BCUT2D eigenvalue weighted by molar-refractivity contribution is 0.137. The first-order chi connectivity index (χ1) is 17.2. The zero-order valence-electron chi connectivity index (χ0n) is 20.4. The summed E-state index contributed by atoms with van der Waals surface area (Å²) in [5.41, 5.74) is 3.07. The normalized spacial score (nSPS) is 12.8. The topological polar surface area (TPSA) is 88.1 Å². The first-order valence-corrected chi connectivity index (χ1v) is 12.8. The van der Waals surface area contributed by atoms with Crippen molar-refractivity contribution in [3.8, 4) is 11.3 Å². The number of rotatable bonds is 6. The Balaban J connectivity index is 1.90. The number of aromatic nitrogens is 4. The first-order valence-electron chi connectivity index (χ1n) is 11.4. The van der Waals surface area contributed by atoms with Gasteiger partial charge in [0.2, 0.25) is 0 Å². The fourth-order valence-electron chi connectivity index (χ4n) is 4.52. The molecule has 0 fully saturated rings. The monoisotopic (exact) mass is 502 g/mol. The van der Waals surface area contributed by atoms with Crippen LogP contribution in [0.1, 0.15) is 22.8 Å². The molecule has 1 unspecified atom stereocenters. The van der Waals surface area contributed by atoms with E-state index in [-0.39, 0.29) is 10.4 Å². The number of nitrogens with zero attached hydrogens (tertiary/aromatic N) is 4. The predicted molar refractivity (Wildman–Crippen MR) is 138 cm³/mol. The molecule has 184 valence electrons. The highest BCUT2D eigenvalue weighted by Crippen LogP contribution is 2.36. The number of hydrogen-bond donors (Lipinski definition) is 0. The van der Waals surface area contributed by atoms with E-state index >= 15 is 0 Å². The number of methoxy groups -OCH3 is 1. The molecule has 0 saturated carbocycles. The van der Waals surface area contributed by atoms with Crippen LogP contribution in [-0.4, -0.2) is 33.8 Å². The van der Waals surface area contributed by atoms with Crippen LogP contribution in [0.2, 0.25) is 0 Å². The van der Waals surface area contributed by atoms with Gasteiger partial charge >= 0.3 is 0 Å². The number of aryl methyl sites for hydroxylation is 3. The van der Waals surface area contributed by atoms with Crippen molar-refractivity contribution in [1.82, 2.24) is 18.3 Å². The van der Waals surface area contributed by atoms with E-state index in [1.54, 1.807) is 74.8 Å². The van der Waals surface area contributed by atoms with Crippen molar-refractivity contribution in [2.24, 2.45) is 14.1 Å². The molecule has 3 heterocycles. The van der Waals surface area contributed by atoms with E-state index in [1.165, 1.54) is 4.57 Å². The molecule has 0 N–H and O–H groups in total. The molecule has 36 heavy (non-hydrogen) atoms. The third-order valence-electron chi connectivity index (χ3n) is 6.31. The Hall–Kier alpha value is -3.95. The highest BCUT2D eigenvalue weighted by atomic mass is 32.2. The molecule has 0 amide bonds. The van der Waals surface area contributed by atoms with Gasteiger partial charge < -0.3 is 9.30 Å². The molecule has 0 spiro atoms. The molecule has 0 aliphatic carbocycles. The van der Waals surface area contributed by atoms with E-state index in [1.807, 2.05) is 37.3 Å². The lowest BCUT2D eigenvalue weighted by Gasteiger charge is -2.18. The molecule has 0 aliphatic heterocycles. The highest BCUT2D eigenvalue weighted by molar-refractivity contribution is 7.90. The van der Waals surface area contributed by atoms with Gasteiger partial charge in [-0.25, -0.2) is 12.4 Å². The minimum Gasteiger partial charge on any atom is -0.372 e. The highest BCUT2D eigenvalue weighted by Gasteiger charge is 2.29. The van der Waals surface area contributed by atoms with E-state index in [9.17, 15) is 13.2 Å². The minimum absolute atomic E-state index is 0.0624. The van der Waals surface area contributed by atoms with Crippen molar-refractivity contribution in [1.29, 1.82) is 0 Å². The molecule has 1 atom stereocenters. The van der Waals surface area contributed by atoms with Gasteiger partial charge in [0.25, 0.3) is 15.6 Å². The maximum Gasteiger partial charge on any atom is 0.275 e. The fourth-order valence-corrected chi connectivity index (χ4v) is 6.04. The summed E-state index contributed by atoms with van der Waals surface area (Å²) in [6.07, 6.45) is 4.51. The maximum atomic E-state index is 14.1. The molecular weight excluding hydrogens is 476 g/mol. The van der Waals surface area contributed by atoms with Gasteiger partial charge in [-0.1, -0.05) is 48.0 Å². The van der Waals surface area contributed by atoms with Gasteiger partial charge in [-0.15, -0.1) is 0 Å². The summed E-state index contributed by atoms with van der Waals surface area (Å²) >= 11 is 0. The van der Waals surface area contributed by atoms with Crippen LogP contribution in [0.3, 0.4) is 0 Å². The molecular formula is C27H26N4O4S. The van der Waals surface area contributed by atoms with E-state index in [4.69, 9.17) is 4.74 Å². The van der Waals surface area contributed by atoms with Crippen molar-refractivity contribution >= 4 is 20.9 Å². The Kier molecular flexibility index (Phi) is 5.89. The predicted octanol–water partition coefficient (Wildman–Crippen LogP) is 4.02. The summed E-state index contributed by atoms with van der Waals surface area (Å²) in [7, 11) is 0.827. The van der Waals surface area contributed by atoms with Crippen LogP contribution >= 0.6 is 0 Å². The second kappa shape index (κ2) is 8.92. The second-order valence-corrected chi connectivity index (χ2v) is 10.6. The Morgan fingerprint density at radius 2 is 1.67 bits per heavy atom. The van der Waals surface area contributed by atoms with Gasteiger partial charge in [0, 0.05) is 50.1 Å². The molecule has 0 aliphatic rings. The van der Waals surface area contributed by atoms with Gasteiger partial charge in [0.15, 0.2) is 0 Å². The van der Waals surface area contributed by atoms with Crippen LogP contribution in [0.4, 0.5) is 0 Å². The summed E-state index contributed by atoms with van der Waals surface area (Å²) < 4.78 is 38.1. The van der Waals surface area contributed by atoms with Crippen molar-refractivity contribution < 1.29 is 13.2 Å². The third-order valence-corrected chi connectivity index (χ3v) is 8.03. The SMILES string of the molecule is COC(c1ccccc1)c1cn(C)c(=O)c2c1cc(-c1cnn(C)c1)n2S(=O)(=O)c1ccc(C)cc1. The Morgan fingerprint density at radius 3 is 2.28 bits per heavy atom. The van der Waals surface area contributed by atoms with Crippen LogP contribution in [0.25, 0.3) is 22.2 Å². The lowest BCUT2D eigenvalue weighted by atomic mass is 9.99. The van der Waals surface area contributed by atoms with Crippen molar-refractivity contribution in [2.75, 3.05) is 7.11 Å². The first kappa shape index (κ1) is 23.8. The Bertz CT molecular complexity index is 1730. The van der Waals surface area contributed by atoms with Gasteiger partial charge in [0.05, 0.1) is 16.8 Å². The largest absolute Gasteiger partial charge is 0.372 e. The van der Waals surface area contributed by atoms with E-state index < -0.39 is 21.7 Å². The Labute approximate surface area is 209 Å². The van der Waals surface area contributed by atoms with Crippen molar-refractivity contribution in [3.05, 3.63) is 106 Å². The summed E-state index contributed by atoms with van der Waals surface area (Å²) in [6.45, 7) is 1.89. The van der Waals surface area contributed by atoms with Crippen molar-refractivity contribution in [2.45, 2.75) is 17.9 Å².